The van der Waals surface area contributed by atoms with Gasteiger partial charge in [0.05, 0.1) is 11.4 Å². The molecule has 0 radical (unpaired) electrons. The SMILES string of the molecule is Cc1ccsc1C(=O)NCC(=O)NC(C)C. The van der Waals surface area contributed by atoms with Gasteiger partial charge in [0.25, 0.3) is 5.91 Å². The zero-order valence-electron chi connectivity index (χ0n) is 9.66. The van der Waals surface area contributed by atoms with Gasteiger partial charge in [-0.3, -0.25) is 9.59 Å². The highest BCUT2D eigenvalue weighted by Gasteiger charge is 2.11. The first-order valence-corrected chi connectivity index (χ1v) is 6.00. The number of amides is 2. The second-order valence-electron chi connectivity index (χ2n) is 3.84. The average molecular weight is 240 g/mol. The summed E-state index contributed by atoms with van der Waals surface area (Å²) in [5.74, 6) is -0.357. The third-order valence-electron chi connectivity index (χ3n) is 1.93. The normalized spacial score (nSPS) is 10.2. The number of hydrogen-bond acceptors (Lipinski definition) is 3. The standard InChI is InChI=1S/C11H16N2O2S/c1-7(2)13-9(14)6-12-11(15)10-8(3)4-5-16-10/h4-5,7H,6H2,1-3H3,(H,12,15)(H,13,14). The summed E-state index contributed by atoms with van der Waals surface area (Å²) >= 11 is 1.38. The van der Waals surface area contributed by atoms with Crippen molar-refractivity contribution in [2.24, 2.45) is 0 Å². The average Bonchev–Trinajstić information content (AvgIpc) is 2.60. The van der Waals surface area contributed by atoms with E-state index in [2.05, 4.69) is 10.6 Å². The summed E-state index contributed by atoms with van der Waals surface area (Å²) in [5.41, 5.74) is 0.937. The van der Waals surface area contributed by atoms with Crippen molar-refractivity contribution in [1.82, 2.24) is 10.6 Å². The van der Waals surface area contributed by atoms with Crippen LogP contribution >= 0.6 is 11.3 Å². The molecule has 0 aliphatic heterocycles. The highest BCUT2D eigenvalue weighted by molar-refractivity contribution is 7.12. The van der Waals surface area contributed by atoms with E-state index in [1.165, 1.54) is 11.3 Å². The molecule has 4 nitrogen and oxygen atoms in total. The number of hydrogen-bond donors (Lipinski definition) is 2. The van der Waals surface area contributed by atoms with Crippen molar-refractivity contribution >= 4 is 23.2 Å². The number of rotatable bonds is 4. The molecule has 0 bridgehead atoms. The minimum Gasteiger partial charge on any atom is -0.352 e. The Kier molecular flexibility index (Phi) is 4.49. The van der Waals surface area contributed by atoms with Crippen LogP contribution in [0, 0.1) is 6.92 Å². The van der Waals surface area contributed by atoms with Crippen LogP contribution in [0.3, 0.4) is 0 Å². The van der Waals surface area contributed by atoms with Gasteiger partial charge in [-0.2, -0.15) is 0 Å². The highest BCUT2D eigenvalue weighted by atomic mass is 32.1. The molecule has 0 aliphatic rings. The van der Waals surface area contributed by atoms with E-state index in [-0.39, 0.29) is 24.4 Å². The molecule has 1 heterocycles. The summed E-state index contributed by atoms with van der Waals surface area (Å²) in [6.07, 6.45) is 0. The second-order valence-corrected chi connectivity index (χ2v) is 4.75. The van der Waals surface area contributed by atoms with E-state index in [0.717, 1.165) is 5.56 Å². The van der Waals surface area contributed by atoms with E-state index >= 15 is 0 Å². The van der Waals surface area contributed by atoms with E-state index in [4.69, 9.17) is 0 Å². The topological polar surface area (TPSA) is 58.2 Å². The molecule has 0 unspecified atom stereocenters. The third kappa shape index (κ3) is 3.66. The Morgan fingerprint density at radius 3 is 2.62 bits per heavy atom. The van der Waals surface area contributed by atoms with Crippen LogP contribution in [-0.2, 0) is 4.79 Å². The van der Waals surface area contributed by atoms with Crippen molar-refractivity contribution in [3.8, 4) is 0 Å². The molecule has 5 heteroatoms. The van der Waals surface area contributed by atoms with Crippen LogP contribution in [0.15, 0.2) is 11.4 Å². The van der Waals surface area contributed by atoms with Crippen LogP contribution in [0.5, 0.6) is 0 Å². The molecule has 0 saturated heterocycles. The molecule has 0 fully saturated rings. The van der Waals surface area contributed by atoms with Crippen LogP contribution in [0.25, 0.3) is 0 Å². The van der Waals surface area contributed by atoms with E-state index in [1.54, 1.807) is 0 Å². The first-order chi connectivity index (χ1) is 7.50. The maximum Gasteiger partial charge on any atom is 0.262 e. The Balaban J connectivity index is 2.42. The fraction of sp³-hybridized carbons (Fsp3) is 0.455. The molecule has 2 amide bonds. The predicted octanol–water partition coefficient (Wildman–Crippen LogP) is 1.31. The summed E-state index contributed by atoms with van der Waals surface area (Å²) < 4.78 is 0. The Bertz CT molecular complexity index is 385. The fourth-order valence-electron chi connectivity index (χ4n) is 1.22. The van der Waals surface area contributed by atoms with Gasteiger partial charge in [-0.25, -0.2) is 0 Å². The molecular weight excluding hydrogens is 224 g/mol. The lowest BCUT2D eigenvalue weighted by Gasteiger charge is -2.08. The van der Waals surface area contributed by atoms with Crippen molar-refractivity contribution < 1.29 is 9.59 Å². The van der Waals surface area contributed by atoms with Crippen molar-refractivity contribution in [1.29, 1.82) is 0 Å². The Hall–Kier alpha value is -1.36. The smallest absolute Gasteiger partial charge is 0.262 e. The number of carbonyl (C=O) groups is 2. The van der Waals surface area contributed by atoms with E-state index in [0.29, 0.717) is 4.88 Å². The van der Waals surface area contributed by atoms with Crippen molar-refractivity contribution in [3.05, 3.63) is 21.9 Å². The van der Waals surface area contributed by atoms with Crippen LogP contribution in [0.4, 0.5) is 0 Å². The van der Waals surface area contributed by atoms with Gasteiger partial charge in [0.1, 0.15) is 0 Å². The van der Waals surface area contributed by atoms with Crippen LogP contribution < -0.4 is 10.6 Å². The van der Waals surface area contributed by atoms with Crippen LogP contribution in [-0.4, -0.2) is 24.4 Å². The zero-order valence-corrected chi connectivity index (χ0v) is 10.5. The molecule has 88 valence electrons. The summed E-state index contributed by atoms with van der Waals surface area (Å²) in [7, 11) is 0. The Labute approximate surface area is 99.0 Å². The fourth-order valence-corrected chi connectivity index (χ4v) is 2.06. The van der Waals surface area contributed by atoms with E-state index in [9.17, 15) is 9.59 Å². The number of carbonyl (C=O) groups excluding carboxylic acids is 2. The van der Waals surface area contributed by atoms with Gasteiger partial charge in [-0.1, -0.05) is 0 Å². The molecule has 2 N–H and O–H groups in total. The van der Waals surface area contributed by atoms with Gasteiger partial charge in [0.2, 0.25) is 5.91 Å². The molecule has 0 aliphatic carbocycles. The Morgan fingerprint density at radius 2 is 2.12 bits per heavy atom. The number of aryl methyl sites for hydroxylation is 1. The van der Waals surface area contributed by atoms with Crippen molar-refractivity contribution in [2.75, 3.05) is 6.54 Å². The molecule has 0 atom stereocenters. The molecule has 1 rings (SSSR count). The van der Waals surface area contributed by atoms with E-state index in [1.807, 2.05) is 32.2 Å². The molecule has 0 aromatic carbocycles. The van der Waals surface area contributed by atoms with Crippen molar-refractivity contribution in [3.63, 3.8) is 0 Å². The second kappa shape index (κ2) is 5.65. The molecule has 1 aromatic heterocycles. The lowest BCUT2D eigenvalue weighted by molar-refractivity contribution is -0.120. The number of thiophene rings is 1. The minimum atomic E-state index is -0.189. The Morgan fingerprint density at radius 1 is 1.44 bits per heavy atom. The van der Waals surface area contributed by atoms with Crippen molar-refractivity contribution in [2.45, 2.75) is 26.8 Å². The summed E-state index contributed by atoms with van der Waals surface area (Å²) in [4.78, 5) is 23.6. The molecular formula is C11H16N2O2S. The van der Waals surface area contributed by atoms with Gasteiger partial charge in [-0.15, -0.1) is 11.3 Å². The quantitative estimate of drug-likeness (QED) is 0.833. The first kappa shape index (κ1) is 12.7. The molecule has 1 aromatic rings. The summed E-state index contributed by atoms with van der Waals surface area (Å²) in [5, 5.41) is 7.16. The van der Waals surface area contributed by atoms with E-state index < -0.39 is 0 Å². The maximum atomic E-state index is 11.6. The summed E-state index contributed by atoms with van der Waals surface area (Å²) in [6, 6.07) is 1.97. The van der Waals surface area contributed by atoms with Gasteiger partial charge in [0.15, 0.2) is 0 Å². The van der Waals surface area contributed by atoms with Gasteiger partial charge in [0, 0.05) is 6.04 Å². The lowest BCUT2D eigenvalue weighted by Crippen LogP contribution is -2.39. The predicted molar refractivity (Wildman–Crippen MR) is 64.7 cm³/mol. The van der Waals surface area contributed by atoms with Gasteiger partial charge >= 0.3 is 0 Å². The number of nitrogens with one attached hydrogen (secondary N) is 2. The maximum absolute atomic E-state index is 11.6. The highest BCUT2D eigenvalue weighted by Crippen LogP contribution is 2.14. The van der Waals surface area contributed by atoms with Crippen LogP contribution in [0.2, 0.25) is 0 Å². The van der Waals surface area contributed by atoms with Gasteiger partial charge < -0.3 is 10.6 Å². The lowest BCUT2D eigenvalue weighted by atomic mass is 10.3. The van der Waals surface area contributed by atoms with Crippen LogP contribution in [0.1, 0.15) is 29.1 Å². The molecule has 0 saturated carbocycles. The monoisotopic (exact) mass is 240 g/mol. The molecule has 16 heavy (non-hydrogen) atoms. The summed E-state index contributed by atoms with van der Waals surface area (Å²) in [6.45, 7) is 5.65. The van der Waals surface area contributed by atoms with Gasteiger partial charge in [-0.05, 0) is 37.8 Å². The third-order valence-corrected chi connectivity index (χ3v) is 2.94. The first-order valence-electron chi connectivity index (χ1n) is 5.12. The largest absolute Gasteiger partial charge is 0.352 e. The minimum absolute atomic E-state index is 0.0222. The zero-order chi connectivity index (χ0) is 12.1. The molecule has 0 spiro atoms.